The van der Waals surface area contributed by atoms with Gasteiger partial charge in [-0.25, -0.2) is 0 Å². The average Bonchev–Trinajstić information content (AvgIpc) is 2.51. The largest absolute Gasteiger partial charge is 0.388 e. The normalized spacial score (nSPS) is 17.8. The molecule has 2 heteroatoms. The van der Waals surface area contributed by atoms with Gasteiger partial charge in [0.05, 0.1) is 6.10 Å². The van der Waals surface area contributed by atoms with Crippen LogP contribution in [0, 0.1) is 0 Å². The van der Waals surface area contributed by atoms with Crippen LogP contribution in [0.3, 0.4) is 0 Å². The summed E-state index contributed by atoms with van der Waals surface area (Å²) < 4.78 is 0. The first kappa shape index (κ1) is 21.9. The number of carbonyl (C=O) groups is 1. The van der Waals surface area contributed by atoms with E-state index in [9.17, 15) is 9.90 Å². The van der Waals surface area contributed by atoms with Crippen molar-refractivity contribution in [2.75, 3.05) is 0 Å². The minimum Gasteiger partial charge on any atom is -0.388 e. The lowest BCUT2D eigenvalue weighted by Gasteiger charge is -2.22. The minimum atomic E-state index is -0.446. The Morgan fingerprint density at radius 3 is 2.29 bits per heavy atom. The highest BCUT2D eigenvalue weighted by atomic mass is 16.3. The number of aliphatic hydroxyl groups excluding tert-OH is 1. The van der Waals surface area contributed by atoms with Gasteiger partial charge < -0.3 is 5.11 Å². The molecular weight excluding hydrogens is 260 g/mol. The number of aliphatic hydroxyl groups is 1. The lowest BCUT2D eigenvalue weighted by atomic mass is 9.87. The average molecular weight is 292 g/mol. The van der Waals surface area contributed by atoms with Crippen LogP contribution in [0.2, 0.25) is 0 Å². The van der Waals surface area contributed by atoms with E-state index >= 15 is 0 Å². The predicted octanol–water partition coefficient (Wildman–Crippen LogP) is 5.16. The lowest BCUT2D eigenvalue weighted by molar-refractivity contribution is -0.116. The van der Waals surface area contributed by atoms with E-state index in [1.807, 2.05) is 33.8 Å². The van der Waals surface area contributed by atoms with Gasteiger partial charge in [-0.05, 0) is 42.9 Å². The van der Waals surface area contributed by atoms with Crippen LogP contribution in [0.15, 0.2) is 48.1 Å². The van der Waals surface area contributed by atoms with E-state index in [0.29, 0.717) is 6.42 Å². The fourth-order valence-electron chi connectivity index (χ4n) is 2.08. The van der Waals surface area contributed by atoms with Crippen LogP contribution >= 0.6 is 0 Å². The summed E-state index contributed by atoms with van der Waals surface area (Å²) in [6, 6.07) is 0. The van der Waals surface area contributed by atoms with Crippen molar-refractivity contribution >= 4 is 5.78 Å². The zero-order valence-corrected chi connectivity index (χ0v) is 14.4. The molecule has 1 aliphatic carbocycles. The summed E-state index contributed by atoms with van der Waals surface area (Å²) in [5, 5.41) is 9.98. The summed E-state index contributed by atoms with van der Waals surface area (Å²) in [6.07, 6.45) is 7.97. The Balaban J connectivity index is 0. The summed E-state index contributed by atoms with van der Waals surface area (Å²) in [5.41, 5.74) is 2.82. The highest BCUT2D eigenvalue weighted by molar-refractivity contribution is 5.79. The first-order valence-corrected chi connectivity index (χ1v) is 7.94. The number of hydrogen-bond donors (Lipinski definition) is 1. The van der Waals surface area contributed by atoms with Gasteiger partial charge in [-0.3, -0.25) is 4.79 Å². The number of carbonyl (C=O) groups excluding carboxylic acids is 1. The summed E-state index contributed by atoms with van der Waals surface area (Å²) in [6.45, 7) is 17.0. The second-order valence-electron chi connectivity index (χ2n) is 4.39. The second-order valence-corrected chi connectivity index (χ2v) is 4.39. The molecule has 0 bridgehead atoms. The third kappa shape index (κ3) is 8.46. The first-order valence-electron chi connectivity index (χ1n) is 7.94. The molecule has 1 N–H and O–H groups in total. The van der Waals surface area contributed by atoms with Crippen molar-refractivity contribution in [2.24, 2.45) is 0 Å². The van der Waals surface area contributed by atoms with Crippen LogP contribution in [0.5, 0.6) is 0 Å². The molecule has 0 saturated heterocycles. The molecule has 120 valence electrons. The Morgan fingerprint density at radius 1 is 1.29 bits per heavy atom. The van der Waals surface area contributed by atoms with Crippen molar-refractivity contribution in [3.05, 3.63) is 48.1 Å². The predicted molar refractivity (Wildman–Crippen MR) is 93.4 cm³/mol. The summed E-state index contributed by atoms with van der Waals surface area (Å²) in [7, 11) is 0. The molecule has 1 unspecified atom stereocenters. The third-order valence-electron chi connectivity index (χ3n) is 2.96. The van der Waals surface area contributed by atoms with Crippen LogP contribution in [-0.4, -0.2) is 17.0 Å². The first-order chi connectivity index (χ1) is 10.1. The lowest BCUT2D eigenvalue weighted by Crippen LogP contribution is -2.15. The molecule has 0 aromatic carbocycles. The molecule has 0 fully saturated rings. The molecule has 21 heavy (non-hydrogen) atoms. The number of rotatable bonds is 5. The van der Waals surface area contributed by atoms with E-state index in [2.05, 4.69) is 13.2 Å². The summed E-state index contributed by atoms with van der Waals surface area (Å²) in [4.78, 5) is 11.1. The highest BCUT2D eigenvalue weighted by Gasteiger charge is 2.18. The third-order valence-corrected chi connectivity index (χ3v) is 2.96. The van der Waals surface area contributed by atoms with Gasteiger partial charge in [0.15, 0.2) is 0 Å². The smallest absolute Gasteiger partial charge is 0.134 e. The number of Topliss-reactive ketones (excluding diaryl/α,β-unsaturated/α-hetero) is 1. The molecule has 1 atom stereocenters. The zero-order valence-electron chi connectivity index (χ0n) is 14.4. The summed E-state index contributed by atoms with van der Waals surface area (Å²) in [5.74, 6) is 0.0993. The van der Waals surface area contributed by atoms with Crippen molar-refractivity contribution in [3.8, 4) is 0 Å². The van der Waals surface area contributed by atoms with Gasteiger partial charge in [0, 0.05) is 6.42 Å². The van der Waals surface area contributed by atoms with Crippen LogP contribution < -0.4 is 0 Å². The van der Waals surface area contributed by atoms with Crippen LogP contribution in [0.25, 0.3) is 0 Å². The molecule has 0 aromatic rings. The van der Waals surface area contributed by atoms with Crippen LogP contribution in [0.1, 0.15) is 60.3 Å². The van der Waals surface area contributed by atoms with Gasteiger partial charge in [0.2, 0.25) is 0 Å². The van der Waals surface area contributed by atoms with Crippen molar-refractivity contribution in [3.63, 3.8) is 0 Å². The molecule has 1 aliphatic rings. The Kier molecular flexibility index (Phi) is 14.1. The topological polar surface area (TPSA) is 37.3 Å². The molecule has 0 heterocycles. The van der Waals surface area contributed by atoms with Crippen LogP contribution in [-0.2, 0) is 4.79 Å². The Morgan fingerprint density at radius 2 is 1.86 bits per heavy atom. The Bertz CT molecular complexity index is 386. The molecule has 0 aliphatic heterocycles. The zero-order chi connectivity index (χ0) is 16.8. The maximum atomic E-state index is 11.1. The van der Waals surface area contributed by atoms with E-state index in [1.165, 1.54) is 0 Å². The number of ketones is 1. The van der Waals surface area contributed by atoms with E-state index in [4.69, 9.17) is 0 Å². The van der Waals surface area contributed by atoms with E-state index in [-0.39, 0.29) is 5.78 Å². The monoisotopic (exact) mass is 292 g/mol. The van der Waals surface area contributed by atoms with E-state index in [1.54, 1.807) is 19.1 Å². The van der Waals surface area contributed by atoms with E-state index in [0.717, 1.165) is 36.0 Å². The number of allylic oxidation sites excluding steroid dienone is 4. The molecule has 0 saturated carbocycles. The van der Waals surface area contributed by atoms with Gasteiger partial charge >= 0.3 is 0 Å². The standard InChI is InChI=1S/C15H20O2.2C2H6/c1-4-12(9-11(3)16)10-14-13(5-2)7-6-8-15(14)17;2*1-2/h4-5,10,15,17H,1-2,6-9H2,3H3;2*1-2H3/b12-10+;;. The fraction of sp³-hybridized carbons (Fsp3) is 0.526. The molecule has 0 amide bonds. The van der Waals surface area contributed by atoms with Gasteiger partial charge in [0.1, 0.15) is 5.78 Å². The molecule has 0 aromatic heterocycles. The SMILES string of the molecule is C=CC1=C(/C=C(\C=C)CC(C)=O)C(O)CCC1.CC.CC. The van der Waals surface area contributed by atoms with Crippen LogP contribution in [0.4, 0.5) is 0 Å². The molecular formula is C19H32O2. The molecule has 1 rings (SSSR count). The Hall–Kier alpha value is -1.41. The van der Waals surface area contributed by atoms with Gasteiger partial charge in [-0.2, -0.15) is 0 Å². The fourth-order valence-corrected chi connectivity index (χ4v) is 2.08. The molecule has 2 nitrogen and oxygen atoms in total. The van der Waals surface area contributed by atoms with Crippen molar-refractivity contribution in [1.82, 2.24) is 0 Å². The maximum absolute atomic E-state index is 11.1. The van der Waals surface area contributed by atoms with Crippen molar-refractivity contribution in [1.29, 1.82) is 0 Å². The van der Waals surface area contributed by atoms with Gasteiger partial charge in [-0.1, -0.05) is 59.1 Å². The molecule has 0 spiro atoms. The highest BCUT2D eigenvalue weighted by Crippen LogP contribution is 2.28. The Labute approximate surface area is 131 Å². The summed E-state index contributed by atoms with van der Waals surface area (Å²) >= 11 is 0. The van der Waals surface area contributed by atoms with Crippen molar-refractivity contribution < 1.29 is 9.90 Å². The number of hydrogen-bond acceptors (Lipinski definition) is 2. The van der Waals surface area contributed by atoms with Crippen molar-refractivity contribution in [2.45, 2.75) is 66.4 Å². The molecule has 0 radical (unpaired) electrons. The van der Waals surface area contributed by atoms with E-state index < -0.39 is 6.10 Å². The second kappa shape index (κ2) is 13.6. The maximum Gasteiger partial charge on any atom is 0.134 e. The minimum absolute atomic E-state index is 0.0993. The van der Waals surface area contributed by atoms with Gasteiger partial charge in [0.25, 0.3) is 0 Å². The quantitative estimate of drug-likeness (QED) is 0.711. The van der Waals surface area contributed by atoms with Gasteiger partial charge in [-0.15, -0.1) is 0 Å².